The molecule has 5 aliphatic rings. The van der Waals surface area contributed by atoms with E-state index in [0.29, 0.717) is 70.8 Å². The zero-order chi connectivity index (χ0) is 45.2. The van der Waals surface area contributed by atoms with Crippen molar-refractivity contribution in [2.24, 2.45) is 41.4 Å². The first-order valence-electron chi connectivity index (χ1n) is 23.5. The van der Waals surface area contributed by atoms with Crippen LogP contribution in [0.5, 0.6) is 0 Å². The van der Waals surface area contributed by atoms with Gasteiger partial charge in [-0.2, -0.15) is 0 Å². The minimum atomic E-state index is -1.47. The second kappa shape index (κ2) is 19.7. The summed E-state index contributed by atoms with van der Waals surface area (Å²) >= 11 is 0. The fourth-order valence-corrected chi connectivity index (χ4v) is 11.2. The number of carboxylic acid groups (broad SMARTS) is 1. The minimum Gasteiger partial charge on any atom is -0.481 e. The SMILES string of the molecule is CCCNC(=O)C(=O)N[C@@H]1C=C[C@]2(O[C@H]([C@@H](CC)C(=O)[C@@H](C)[C@@H](O)[C@H](C)[C@@H]3O[C@@H]([C@@H](CC)C(=O)O)CC[C@@H]3C)[C@@H](C)C[C@H]2C)O[C@@]12CC[C@@](C)([C@H]1CC[C@](O)(CC)[C@H](C)O1)O2. The summed E-state index contributed by atoms with van der Waals surface area (Å²) in [5.74, 6) is -8.02. The Labute approximate surface area is 364 Å². The molecule has 5 heterocycles. The average Bonchev–Trinajstić information content (AvgIpc) is 3.57. The number of aliphatic hydroxyl groups is 2. The molecular weight excluding hydrogens is 785 g/mol. The van der Waals surface area contributed by atoms with Crippen LogP contribution in [0.4, 0.5) is 0 Å². The van der Waals surface area contributed by atoms with Crippen molar-refractivity contribution in [1.82, 2.24) is 10.6 Å². The molecule has 348 valence electrons. The van der Waals surface area contributed by atoms with Gasteiger partial charge in [0.25, 0.3) is 0 Å². The number of hydrogen-bond acceptors (Lipinski definition) is 11. The van der Waals surface area contributed by atoms with E-state index in [1.807, 2.05) is 55.4 Å². The molecule has 18 atom stereocenters. The molecule has 4 saturated heterocycles. The van der Waals surface area contributed by atoms with Crippen molar-refractivity contribution in [2.45, 2.75) is 212 Å². The predicted octanol–water partition coefficient (Wildman–Crippen LogP) is 5.84. The first-order chi connectivity index (χ1) is 28.6. The highest BCUT2D eigenvalue weighted by Crippen LogP contribution is 2.54. The lowest BCUT2D eigenvalue weighted by Gasteiger charge is -2.55. The molecule has 0 aliphatic carbocycles. The average molecular weight is 863 g/mol. The molecule has 0 saturated carbocycles. The van der Waals surface area contributed by atoms with Crippen LogP contribution < -0.4 is 10.6 Å². The van der Waals surface area contributed by atoms with Crippen LogP contribution in [0.3, 0.4) is 0 Å². The highest BCUT2D eigenvalue weighted by molar-refractivity contribution is 6.35. The molecule has 0 aromatic carbocycles. The Hall–Kier alpha value is -2.46. The molecule has 5 aliphatic heterocycles. The van der Waals surface area contributed by atoms with Crippen LogP contribution in [0.25, 0.3) is 0 Å². The number of Topliss-reactive ketones (excluding diaryl/α,β-unsaturated/α-hetero) is 1. The number of carbonyl (C=O) groups excluding carboxylic acids is 3. The highest BCUT2D eigenvalue weighted by Gasteiger charge is 2.63. The first-order valence-corrected chi connectivity index (χ1v) is 23.5. The molecule has 0 aromatic rings. The third-order valence-electron chi connectivity index (χ3n) is 15.5. The minimum absolute atomic E-state index is 0.0578. The maximum Gasteiger partial charge on any atom is 0.309 e. The third-order valence-corrected chi connectivity index (χ3v) is 15.5. The lowest BCUT2D eigenvalue weighted by Crippen LogP contribution is -2.66. The normalized spacial score (nSPS) is 41.4. The van der Waals surface area contributed by atoms with Gasteiger partial charge >= 0.3 is 17.8 Å². The predicted molar refractivity (Wildman–Crippen MR) is 228 cm³/mol. The van der Waals surface area contributed by atoms with Crippen LogP contribution in [-0.2, 0) is 42.9 Å². The number of carboxylic acids is 1. The van der Waals surface area contributed by atoms with Gasteiger partial charge in [-0.3, -0.25) is 19.2 Å². The van der Waals surface area contributed by atoms with Gasteiger partial charge in [0.05, 0.1) is 53.7 Å². The summed E-state index contributed by atoms with van der Waals surface area (Å²) in [4.78, 5) is 52.8. The van der Waals surface area contributed by atoms with Crippen LogP contribution in [-0.4, -0.2) is 111 Å². The number of amides is 2. The number of carbonyl (C=O) groups is 4. The second-order valence-electron chi connectivity index (χ2n) is 19.7. The summed E-state index contributed by atoms with van der Waals surface area (Å²) in [6, 6.07) is -0.866. The Balaban J connectivity index is 1.40. The van der Waals surface area contributed by atoms with E-state index in [1.165, 1.54) is 0 Å². The lowest BCUT2D eigenvalue weighted by atomic mass is 9.72. The highest BCUT2D eigenvalue weighted by atomic mass is 16.8. The fourth-order valence-electron chi connectivity index (χ4n) is 11.2. The summed E-state index contributed by atoms with van der Waals surface area (Å²) in [5.41, 5.74) is -1.82. The van der Waals surface area contributed by atoms with Crippen molar-refractivity contribution in [3.05, 3.63) is 12.2 Å². The van der Waals surface area contributed by atoms with E-state index in [-0.39, 0.29) is 29.6 Å². The second-order valence-corrected chi connectivity index (χ2v) is 19.7. The third kappa shape index (κ3) is 9.95. The molecule has 2 spiro atoms. The Bertz CT molecular complexity index is 1590. The number of ketones is 1. The molecule has 14 heteroatoms. The van der Waals surface area contributed by atoms with Crippen molar-refractivity contribution in [3.63, 3.8) is 0 Å². The molecule has 2 amide bonds. The first kappa shape index (κ1) is 49.6. The van der Waals surface area contributed by atoms with Gasteiger partial charge in [-0.25, -0.2) is 0 Å². The molecule has 61 heavy (non-hydrogen) atoms. The molecule has 0 bridgehead atoms. The zero-order valence-corrected chi connectivity index (χ0v) is 38.7. The summed E-state index contributed by atoms with van der Waals surface area (Å²) in [7, 11) is 0. The number of rotatable bonds is 15. The standard InChI is InChI=1S/C47H78N2O12/c1-12-24-48-41(52)42(53)49-35-18-21-46(61-47(35)23-22-44(11,60-47)36-19-20-45(56,15-4)31(10)57-36)28(7)25-27(6)40(59-46)33(14-3)38(51)29(8)37(50)30(9)39-26(5)16-17-34(58-39)32(13-2)43(54)55/h18,21,26-37,39-40,50,56H,12-17,19-20,22-25H2,1-11H3,(H,48,52)(H,49,53)(H,54,55)/t26-,27-,28+,29-,30-,31-,32+,33-,34+,35+,36+,37+,39+,40-,44-,45+,46-,47-/m0/s1. The van der Waals surface area contributed by atoms with Gasteiger partial charge in [-0.15, -0.1) is 0 Å². The summed E-state index contributed by atoms with van der Waals surface area (Å²) < 4.78 is 34.3. The van der Waals surface area contributed by atoms with E-state index in [9.17, 15) is 34.5 Å². The smallest absolute Gasteiger partial charge is 0.309 e. The van der Waals surface area contributed by atoms with Crippen LogP contribution in [0.1, 0.15) is 147 Å². The van der Waals surface area contributed by atoms with E-state index >= 15 is 0 Å². The molecular formula is C47H78N2O12. The Morgan fingerprint density at radius 1 is 0.852 bits per heavy atom. The molecule has 5 N–H and O–H groups in total. The van der Waals surface area contributed by atoms with Gasteiger partial charge in [0.15, 0.2) is 11.6 Å². The summed E-state index contributed by atoms with van der Waals surface area (Å²) in [6.45, 7) is 21.7. The number of aliphatic hydroxyl groups excluding tert-OH is 1. The summed E-state index contributed by atoms with van der Waals surface area (Å²) in [5, 5.41) is 38.4. The van der Waals surface area contributed by atoms with Gasteiger partial charge in [0.1, 0.15) is 11.8 Å². The molecule has 0 radical (unpaired) electrons. The van der Waals surface area contributed by atoms with E-state index < -0.39 is 101 Å². The maximum atomic E-state index is 14.6. The van der Waals surface area contributed by atoms with E-state index in [4.69, 9.17) is 23.7 Å². The Kier molecular flexibility index (Phi) is 16.0. The molecule has 0 aromatic heterocycles. The van der Waals surface area contributed by atoms with Crippen LogP contribution >= 0.6 is 0 Å². The maximum absolute atomic E-state index is 14.6. The Morgan fingerprint density at radius 3 is 2.15 bits per heavy atom. The largest absolute Gasteiger partial charge is 0.481 e. The van der Waals surface area contributed by atoms with Gasteiger partial charge in [-0.05, 0) is 96.0 Å². The number of ether oxygens (including phenoxy) is 5. The van der Waals surface area contributed by atoms with Gasteiger partial charge in [0.2, 0.25) is 0 Å². The lowest BCUT2D eigenvalue weighted by molar-refractivity contribution is -0.398. The van der Waals surface area contributed by atoms with E-state index in [1.54, 1.807) is 19.1 Å². The van der Waals surface area contributed by atoms with Gasteiger partial charge < -0.3 is 49.6 Å². The van der Waals surface area contributed by atoms with Crippen molar-refractivity contribution < 1.29 is 58.2 Å². The fraction of sp³-hybridized carbons (Fsp3) is 0.872. The van der Waals surface area contributed by atoms with E-state index in [0.717, 1.165) is 6.42 Å². The van der Waals surface area contributed by atoms with Gasteiger partial charge in [0, 0.05) is 36.6 Å². The number of aliphatic carboxylic acids is 1. The summed E-state index contributed by atoms with van der Waals surface area (Å²) in [6.07, 6.45) is 6.40. The van der Waals surface area contributed by atoms with Crippen molar-refractivity contribution >= 4 is 23.6 Å². The quantitative estimate of drug-likeness (QED) is 0.0976. The van der Waals surface area contributed by atoms with Crippen molar-refractivity contribution in [1.29, 1.82) is 0 Å². The number of nitrogens with one attached hydrogen (secondary N) is 2. The van der Waals surface area contributed by atoms with Crippen molar-refractivity contribution in [3.8, 4) is 0 Å². The monoisotopic (exact) mass is 863 g/mol. The topological polar surface area (TPSA) is 199 Å². The molecule has 4 fully saturated rings. The van der Waals surface area contributed by atoms with Crippen LogP contribution in [0.2, 0.25) is 0 Å². The van der Waals surface area contributed by atoms with Crippen LogP contribution in [0, 0.1) is 41.4 Å². The van der Waals surface area contributed by atoms with Crippen LogP contribution in [0.15, 0.2) is 12.2 Å². The number of hydrogen-bond donors (Lipinski definition) is 5. The molecule has 14 nitrogen and oxygen atoms in total. The van der Waals surface area contributed by atoms with Crippen molar-refractivity contribution in [2.75, 3.05) is 6.54 Å². The van der Waals surface area contributed by atoms with E-state index in [2.05, 4.69) is 24.5 Å². The molecule has 5 rings (SSSR count). The Morgan fingerprint density at radius 2 is 1.54 bits per heavy atom. The molecule has 0 unspecified atom stereocenters. The zero-order valence-electron chi connectivity index (χ0n) is 38.7. The van der Waals surface area contributed by atoms with Gasteiger partial charge in [-0.1, -0.05) is 68.4 Å².